The number of ketones is 1. The molecule has 2 aliphatic rings. The van der Waals surface area contributed by atoms with Crippen molar-refractivity contribution in [1.29, 1.82) is 5.26 Å². The van der Waals surface area contributed by atoms with Crippen LogP contribution in [-0.4, -0.2) is 5.78 Å². The molecule has 0 amide bonds. The molecular weight excluding hydrogens is 577 g/mol. The fraction of sp³-hybridized carbons (Fsp3) is 0.273. The lowest BCUT2D eigenvalue weighted by atomic mass is 9.68. The monoisotopic (exact) mass is 605 g/mol. The minimum Gasteiger partial charge on any atom is -0.489 e. The quantitative estimate of drug-likeness (QED) is 0.314. The molecule has 0 aromatic heterocycles. The summed E-state index contributed by atoms with van der Waals surface area (Å²) in [7, 11) is 0. The van der Waals surface area contributed by atoms with E-state index in [-0.39, 0.29) is 17.0 Å². The van der Waals surface area contributed by atoms with E-state index in [1.54, 1.807) is 35.2 Å². The highest BCUT2D eigenvalue weighted by atomic mass is 35.5. The zero-order chi connectivity index (χ0) is 29.6. The van der Waals surface area contributed by atoms with Crippen molar-refractivity contribution in [3.8, 4) is 11.8 Å². The second-order valence-electron chi connectivity index (χ2n) is 11.4. The Bertz CT molecular complexity index is 1670. The number of nitrogens with zero attached hydrogens (tertiary/aromatic N) is 2. The van der Waals surface area contributed by atoms with Crippen LogP contribution in [0, 0.1) is 30.6 Å². The Balaban J connectivity index is 1.69. The number of anilines is 1. The van der Waals surface area contributed by atoms with E-state index in [0.29, 0.717) is 57.1 Å². The molecule has 210 valence electrons. The lowest BCUT2D eigenvalue weighted by Gasteiger charge is -2.44. The maximum absolute atomic E-state index is 14.0. The van der Waals surface area contributed by atoms with Gasteiger partial charge in [0.25, 0.3) is 0 Å². The number of rotatable bonds is 5. The van der Waals surface area contributed by atoms with E-state index in [0.717, 1.165) is 28.0 Å². The summed E-state index contributed by atoms with van der Waals surface area (Å²) >= 11 is 19.1. The molecule has 5 rings (SSSR count). The van der Waals surface area contributed by atoms with Gasteiger partial charge in [-0.05, 0) is 78.8 Å². The van der Waals surface area contributed by atoms with E-state index in [2.05, 4.69) is 26.0 Å². The van der Waals surface area contributed by atoms with Gasteiger partial charge in [-0.1, -0.05) is 72.4 Å². The van der Waals surface area contributed by atoms with E-state index in [4.69, 9.17) is 45.3 Å². The number of carbonyl (C=O) groups excluding carboxylic acids is 1. The number of nitriles is 1. The van der Waals surface area contributed by atoms with Crippen molar-refractivity contribution in [2.75, 3.05) is 4.90 Å². The van der Waals surface area contributed by atoms with E-state index in [1.807, 2.05) is 32.0 Å². The largest absolute Gasteiger partial charge is 0.489 e. The van der Waals surface area contributed by atoms with Gasteiger partial charge in [-0.2, -0.15) is 5.26 Å². The number of Topliss-reactive ketones (excluding diaryl/α,β-unsaturated/α-hetero) is 1. The van der Waals surface area contributed by atoms with Crippen molar-refractivity contribution in [2.24, 2.45) is 11.1 Å². The van der Waals surface area contributed by atoms with Crippen LogP contribution in [0.5, 0.6) is 5.75 Å². The molecule has 41 heavy (non-hydrogen) atoms. The molecule has 1 aliphatic carbocycles. The van der Waals surface area contributed by atoms with Crippen LogP contribution in [0.2, 0.25) is 15.1 Å². The zero-order valence-corrected chi connectivity index (χ0v) is 25.6. The highest BCUT2D eigenvalue weighted by molar-refractivity contribution is 6.43. The van der Waals surface area contributed by atoms with Gasteiger partial charge < -0.3 is 10.5 Å². The summed E-state index contributed by atoms with van der Waals surface area (Å²) in [5, 5.41) is 11.8. The lowest BCUT2D eigenvalue weighted by molar-refractivity contribution is -0.118. The van der Waals surface area contributed by atoms with Gasteiger partial charge in [-0.15, -0.1) is 0 Å². The SMILES string of the molecule is Cc1cc(COc2ccc(Cl)cc2)c(C)c(C2C(C#N)=C(N)N(c3cccc(Cl)c3Cl)C3=C2C(=O)CC(C)(C)C3)c1. The van der Waals surface area contributed by atoms with Gasteiger partial charge in [-0.3, -0.25) is 9.69 Å². The molecule has 0 fully saturated rings. The molecule has 3 aromatic rings. The zero-order valence-electron chi connectivity index (χ0n) is 23.3. The molecule has 0 bridgehead atoms. The molecule has 2 N–H and O–H groups in total. The minimum atomic E-state index is -0.623. The Hall–Kier alpha value is -3.43. The number of allylic oxidation sites excluding steroid dienone is 3. The number of carbonyl (C=O) groups is 1. The molecule has 0 saturated carbocycles. The van der Waals surface area contributed by atoms with Gasteiger partial charge in [0, 0.05) is 22.7 Å². The molecule has 5 nitrogen and oxygen atoms in total. The van der Waals surface area contributed by atoms with Crippen molar-refractivity contribution in [2.45, 2.75) is 53.1 Å². The summed E-state index contributed by atoms with van der Waals surface area (Å²) in [6.45, 7) is 8.43. The molecule has 8 heteroatoms. The molecule has 1 atom stereocenters. The number of nitrogens with two attached hydrogens (primary N) is 1. The summed E-state index contributed by atoms with van der Waals surface area (Å²) in [6.07, 6.45) is 0.930. The maximum Gasteiger partial charge on any atom is 0.162 e. The summed E-state index contributed by atoms with van der Waals surface area (Å²) < 4.78 is 6.08. The average Bonchev–Trinajstić information content (AvgIpc) is 2.90. The first-order valence-electron chi connectivity index (χ1n) is 13.3. The molecule has 0 saturated heterocycles. The summed E-state index contributed by atoms with van der Waals surface area (Å²) in [4.78, 5) is 15.7. The summed E-state index contributed by atoms with van der Waals surface area (Å²) in [6, 6.07) is 18.9. The first kappa shape index (κ1) is 29.1. The third kappa shape index (κ3) is 5.45. The molecule has 1 heterocycles. The van der Waals surface area contributed by atoms with Crippen LogP contribution in [-0.2, 0) is 11.4 Å². The van der Waals surface area contributed by atoms with Gasteiger partial charge in [-0.25, -0.2) is 0 Å². The number of hydrogen-bond donors (Lipinski definition) is 1. The van der Waals surface area contributed by atoms with E-state index in [1.165, 1.54) is 0 Å². The van der Waals surface area contributed by atoms with E-state index >= 15 is 0 Å². The highest BCUT2D eigenvalue weighted by Crippen LogP contribution is 2.52. The second kappa shape index (κ2) is 11.1. The van der Waals surface area contributed by atoms with Gasteiger partial charge in [0.05, 0.1) is 33.3 Å². The topological polar surface area (TPSA) is 79.3 Å². The first-order chi connectivity index (χ1) is 19.4. The standard InChI is InChI=1S/C33H30Cl3N3O2/c1-18-12-20(17-41-22-10-8-21(34)9-11-22)19(2)23(13-18)29-24(16-37)32(38)39(26-7-5-6-25(35)31(26)36)27-14-33(3,4)15-28(40)30(27)29/h5-13,29H,14-15,17,38H2,1-4H3. The Labute approximate surface area is 255 Å². The van der Waals surface area contributed by atoms with Gasteiger partial charge >= 0.3 is 0 Å². The van der Waals surface area contributed by atoms with Crippen molar-refractivity contribution in [1.82, 2.24) is 0 Å². The molecule has 1 aliphatic heterocycles. The van der Waals surface area contributed by atoms with Gasteiger partial charge in [0.2, 0.25) is 0 Å². The van der Waals surface area contributed by atoms with Gasteiger partial charge in [0.15, 0.2) is 5.78 Å². The number of aryl methyl sites for hydroxylation is 1. The summed E-state index contributed by atoms with van der Waals surface area (Å²) in [5.74, 6) is 0.303. The summed E-state index contributed by atoms with van der Waals surface area (Å²) in [5.41, 5.74) is 12.4. The number of ether oxygens (including phenoxy) is 1. The lowest BCUT2D eigenvalue weighted by Crippen LogP contribution is -2.42. The van der Waals surface area contributed by atoms with Gasteiger partial charge in [0.1, 0.15) is 18.2 Å². The molecular formula is C33H30Cl3N3O2. The maximum atomic E-state index is 14.0. The molecule has 0 radical (unpaired) electrons. The molecule has 1 unspecified atom stereocenters. The third-order valence-electron chi connectivity index (χ3n) is 7.77. The Morgan fingerprint density at radius 2 is 1.78 bits per heavy atom. The Morgan fingerprint density at radius 3 is 2.46 bits per heavy atom. The van der Waals surface area contributed by atoms with Crippen molar-refractivity contribution < 1.29 is 9.53 Å². The first-order valence-corrected chi connectivity index (χ1v) is 14.4. The van der Waals surface area contributed by atoms with Crippen LogP contribution in [0.15, 0.2) is 77.3 Å². The Morgan fingerprint density at radius 1 is 1.07 bits per heavy atom. The van der Waals surface area contributed by atoms with E-state index in [9.17, 15) is 10.1 Å². The molecule has 0 spiro atoms. The number of benzene rings is 3. The normalized spacial score (nSPS) is 18.3. The van der Waals surface area contributed by atoms with Crippen LogP contribution in [0.4, 0.5) is 5.69 Å². The average molecular weight is 607 g/mol. The van der Waals surface area contributed by atoms with Crippen molar-refractivity contribution >= 4 is 46.3 Å². The minimum absolute atomic E-state index is 0.00970. The fourth-order valence-corrected chi connectivity index (χ4v) is 6.37. The van der Waals surface area contributed by atoms with Crippen LogP contribution >= 0.6 is 34.8 Å². The number of hydrogen-bond acceptors (Lipinski definition) is 5. The van der Waals surface area contributed by atoms with Crippen LogP contribution in [0.1, 0.15) is 54.9 Å². The Kier molecular flexibility index (Phi) is 7.87. The second-order valence-corrected chi connectivity index (χ2v) is 12.7. The highest BCUT2D eigenvalue weighted by Gasteiger charge is 2.45. The van der Waals surface area contributed by atoms with Crippen molar-refractivity contribution in [3.63, 3.8) is 0 Å². The molecule has 3 aromatic carbocycles. The van der Waals surface area contributed by atoms with Crippen LogP contribution in [0.3, 0.4) is 0 Å². The van der Waals surface area contributed by atoms with Crippen molar-refractivity contribution in [3.05, 3.63) is 115 Å². The van der Waals surface area contributed by atoms with Crippen LogP contribution in [0.25, 0.3) is 0 Å². The smallest absolute Gasteiger partial charge is 0.162 e. The predicted octanol–water partition coefficient (Wildman–Crippen LogP) is 8.78. The predicted molar refractivity (Wildman–Crippen MR) is 165 cm³/mol. The van der Waals surface area contributed by atoms with E-state index < -0.39 is 5.92 Å². The van der Waals surface area contributed by atoms with Crippen LogP contribution < -0.4 is 15.4 Å². The fourth-order valence-electron chi connectivity index (χ4n) is 5.87. The third-order valence-corrected chi connectivity index (χ3v) is 8.83. The number of halogens is 3.